The van der Waals surface area contributed by atoms with Crippen LogP contribution < -0.4 is 5.73 Å². The number of nitrogen functional groups attached to an aromatic ring is 1. The first-order chi connectivity index (χ1) is 9.61. The van der Waals surface area contributed by atoms with Crippen molar-refractivity contribution in [3.63, 3.8) is 0 Å². The Hall–Kier alpha value is -1.77. The molecule has 0 unspecified atom stereocenters. The van der Waals surface area contributed by atoms with Gasteiger partial charge in [0.05, 0.1) is 5.69 Å². The predicted octanol–water partition coefficient (Wildman–Crippen LogP) is 3.66. The van der Waals surface area contributed by atoms with E-state index >= 15 is 0 Å². The van der Waals surface area contributed by atoms with Gasteiger partial charge < -0.3 is 10.3 Å². The summed E-state index contributed by atoms with van der Waals surface area (Å²) in [6, 6.07) is 10.4. The first-order valence-electron chi connectivity index (χ1n) is 7.49. The van der Waals surface area contributed by atoms with Crippen LogP contribution in [0.2, 0.25) is 0 Å². The molecule has 1 aromatic carbocycles. The maximum absolute atomic E-state index is 6.33. The lowest BCUT2D eigenvalue weighted by molar-refractivity contribution is 0.510. The van der Waals surface area contributed by atoms with Crippen molar-refractivity contribution >= 4 is 5.82 Å². The number of rotatable bonds is 6. The second-order valence-electron chi connectivity index (χ2n) is 5.78. The number of hydrogen-bond acceptors (Lipinski definition) is 2. The summed E-state index contributed by atoms with van der Waals surface area (Å²) in [6.45, 7) is 7.56. The molecule has 2 rings (SSSR count). The number of nitrogens with zero attached hydrogens (tertiary/aromatic N) is 2. The molecule has 3 heteroatoms. The third-order valence-electron chi connectivity index (χ3n) is 3.40. The molecule has 0 fully saturated rings. The fourth-order valence-corrected chi connectivity index (χ4v) is 2.47. The number of nitrogens with two attached hydrogens (primary N) is 1. The molecule has 0 aliphatic carbocycles. The fraction of sp³-hybridized carbons (Fsp3) is 0.471. The Kier molecular flexibility index (Phi) is 4.83. The van der Waals surface area contributed by atoms with Crippen LogP contribution in [0.4, 0.5) is 5.82 Å². The van der Waals surface area contributed by atoms with Crippen LogP contribution in [0.1, 0.15) is 44.3 Å². The average Bonchev–Trinajstić information content (AvgIpc) is 2.69. The standard InChI is InChI=1S/C17H25N3/c1-4-8-16-19-15(11-14-9-6-5-7-10-14)17(18)20(16)12-13(2)3/h5-7,9-10,13H,4,8,11-12,18H2,1-3H3. The van der Waals surface area contributed by atoms with Gasteiger partial charge in [0.25, 0.3) is 0 Å². The minimum Gasteiger partial charge on any atom is -0.384 e. The second kappa shape index (κ2) is 6.60. The summed E-state index contributed by atoms with van der Waals surface area (Å²) in [5.74, 6) is 2.54. The normalized spacial score (nSPS) is 11.2. The molecule has 20 heavy (non-hydrogen) atoms. The molecule has 0 amide bonds. The summed E-state index contributed by atoms with van der Waals surface area (Å²) in [5.41, 5.74) is 8.61. The Labute approximate surface area is 121 Å². The summed E-state index contributed by atoms with van der Waals surface area (Å²) < 4.78 is 2.20. The molecule has 1 aromatic heterocycles. The Bertz CT molecular complexity index is 541. The highest BCUT2D eigenvalue weighted by atomic mass is 15.1. The van der Waals surface area contributed by atoms with Crippen LogP contribution in [-0.2, 0) is 19.4 Å². The van der Waals surface area contributed by atoms with Gasteiger partial charge in [0, 0.05) is 19.4 Å². The molecular formula is C17H25N3. The molecule has 2 N–H and O–H groups in total. The van der Waals surface area contributed by atoms with Gasteiger partial charge in [-0.25, -0.2) is 4.98 Å². The van der Waals surface area contributed by atoms with Crippen LogP contribution in [0.5, 0.6) is 0 Å². The monoisotopic (exact) mass is 271 g/mol. The van der Waals surface area contributed by atoms with E-state index in [1.54, 1.807) is 0 Å². The van der Waals surface area contributed by atoms with Gasteiger partial charge in [-0.3, -0.25) is 0 Å². The van der Waals surface area contributed by atoms with Crippen molar-refractivity contribution in [2.75, 3.05) is 5.73 Å². The zero-order chi connectivity index (χ0) is 14.5. The third-order valence-corrected chi connectivity index (χ3v) is 3.40. The fourth-order valence-electron chi connectivity index (χ4n) is 2.47. The Morgan fingerprint density at radius 3 is 2.50 bits per heavy atom. The number of benzene rings is 1. The smallest absolute Gasteiger partial charge is 0.127 e. The number of aromatic nitrogens is 2. The van der Waals surface area contributed by atoms with Crippen molar-refractivity contribution in [2.45, 2.75) is 46.6 Å². The van der Waals surface area contributed by atoms with Crippen LogP contribution >= 0.6 is 0 Å². The van der Waals surface area contributed by atoms with E-state index < -0.39 is 0 Å². The van der Waals surface area contributed by atoms with Crippen molar-refractivity contribution < 1.29 is 0 Å². The molecule has 0 saturated carbocycles. The van der Waals surface area contributed by atoms with Gasteiger partial charge in [0.1, 0.15) is 11.6 Å². The third kappa shape index (κ3) is 3.41. The van der Waals surface area contributed by atoms with E-state index in [0.717, 1.165) is 43.1 Å². The summed E-state index contributed by atoms with van der Waals surface area (Å²) in [7, 11) is 0. The highest BCUT2D eigenvalue weighted by molar-refractivity contribution is 5.41. The van der Waals surface area contributed by atoms with E-state index in [9.17, 15) is 0 Å². The molecule has 0 aliphatic heterocycles. The lowest BCUT2D eigenvalue weighted by atomic mass is 10.1. The van der Waals surface area contributed by atoms with Gasteiger partial charge in [-0.1, -0.05) is 51.1 Å². The summed E-state index contributed by atoms with van der Waals surface area (Å²) in [4.78, 5) is 4.79. The summed E-state index contributed by atoms with van der Waals surface area (Å²) in [6.07, 6.45) is 2.90. The van der Waals surface area contributed by atoms with E-state index in [4.69, 9.17) is 10.7 Å². The van der Waals surface area contributed by atoms with Gasteiger partial charge in [0.2, 0.25) is 0 Å². The van der Waals surface area contributed by atoms with Crippen molar-refractivity contribution in [3.8, 4) is 0 Å². The van der Waals surface area contributed by atoms with Crippen LogP contribution in [0.15, 0.2) is 30.3 Å². The number of anilines is 1. The minimum absolute atomic E-state index is 0.576. The van der Waals surface area contributed by atoms with Crippen molar-refractivity contribution in [1.82, 2.24) is 9.55 Å². The van der Waals surface area contributed by atoms with E-state index in [1.807, 2.05) is 6.07 Å². The molecule has 0 saturated heterocycles. The molecular weight excluding hydrogens is 246 g/mol. The van der Waals surface area contributed by atoms with E-state index in [0.29, 0.717) is 5.92 Å². The first-order valence-corrected chi connectivity index (χ1v) is 7.49. The Morgan fingerprint density at radius 2 is 1.90 bits per heavy atom. The molecule has 1 heterocycles. The molecule has 0 atom stereocenters. The molecule has 0 spiro atoms. The maximum atomic E-state index is 6.33. The lowest BCUT2D eigenvalue weighted by Gasteiger charge is -2.11. The predicted molar refractivity (Wildman–Crippen MR) is 84.7 cm³/mol. The van der Waals surface area contributed by atoms with Crippen molar-refractivity contribution in [1.29, 1.82) is 0 Å². The van der Waals surface area contributed by atoms with Crippen LogP contribution in [0.3, 0.4) is 0 Å². The number of imidazole rings is 1. The van der Waals surface area contributed by atoms with Gasteiger partial charge in [-0.2, -0.15) is 0 Å². The summed E-state index contributed by atoms with van der Waals surface area (Å²) in [5, 5.41) is 0. The molecule has 2 aromatic rings. The summed E-state index contributed by atoms with van der Waals surface area (Å²) >= 11 is 0. The molecule has 0 aliphatic rings. The Morgan fingerprint density at radius 1 is 1.20 bits per heavy atom. The molecule has 0 bridgehead atoms. The van der Waals surface area contributed by atoms with Crippen molar-refractivity contribution in [2.24, 2.45) is 5.92 Å². The van der Waals surface area contributed by atoms with E-state index in [-0.39, 0.29) is 0 Å². The van der Waals surface area contributed by atoms with E-state index in [1.165, 1.54) is 5.56 Å². The minimum atomic E-state index is 0.576. The first kappa shape index (κ1) is 14.6. The second-order valence-corrected chi connectivity index (χ2v) is 5.78. The van der Waals surface area contributed by atoms with Gasteiger partial charge >= 0.3 is 0 Å². The maximum Gasteiger partial charge on any atom is 0.127 e. The topological polar surface area (TPSA) is 43.8 Å². The largest absolute Gasteiger partial charge is 0.384 e. The van der Waals surface area contributed by atoms with Crippen LogP contribution in [0, 0.1) is 5.92 Å². The number of aryl methyl sites for hydroxylation is 1. The lowest BCUT2D eigenvalue weighted by Crippen LogP contribution is -2.11. The quantitative estimate of drug-likeness (QED) is 0.871. The Balaban J connectivity index is 2.29. The zero-order valence-corrected chi connectivity index (χ0v) is 12.8. The molecule has 3 nitrogen and oxygen atoms in total. The van der Waals surface area contributed by atoms with E-state index in [2.05, 4.69) is 49.6 Å². The van der Waals surface area contributed by atoms with Crippen LogP contribution in [-0.4, -0.2) is 9.55 Å². The van der Waals surface area contributed by atoms with Gasteiger partial charge in [-0.15, -0.1) is 0 Å². The average molecular weight is 271 g/mol. The van der Waals surface area contributed by atoms with Gasteiger partial charge in [-0.05, 0) is 17.9 Å². The highest BCUT2D eigenvalue weighted by Gasteiger charge is 2.15. The number of hydrogen-bond donors (Lipinski definition) is 1. The SMILES string of the molecule is CCCc1nc(Cc2ccccc2)c(N)n1CC(C)C. The highest BCUT2D eigenvalue weighted by Crippen LogP contribution is 2.20. The van der Waals surface area contributed by atoms with Crippen molar-refractivity contribution in [3.05, 3.63) is 47.4 Å². The van der Waals surface area contributed by atoms with Gasteiger partial charge in [0.15, 0.2) is 0 Å². The molecule has 108 valence electrons. The van der Waals surface area contributed by atoms with Crippen LogP contribution in [0.25, 0.3) is 0 Å². The zero-order valence-electron chi connectivity index (χ0n) is 12.8. The molecule has 0 radical (unpaired) electrons.